The molecular weight excluding hydrogens is 242 g/mol. The zero-order valence-electron chi connectivity index (χ0n) is 11.1. The van der Waals surface area contributed by atoms with E-state index in [1.165, 1.54) is 0 Å². The summed E-state index contributed by atoms with van der Waals surface area (Å²) in [6.45, 7) is 7.90. The molecule has 0 fully saturated rings. The van der Waals surface area contributed by atoms with Crippen molar-refractivity contribution < 1.29 is 0 Å². The molecule has 1 rings (SSSR count). The maximum absolute atomic E-state index is 6.01. The molecule has 0 aliphatic heterocycles. The highest BCUT2D eigenvalue weighted by molar-refractivity contribution is 6.31. The van der Waals surface area contributed by atoms with E-state index >= 15 is 0 Å². The molecule has 1 aromatic rings. The number of halogens is 1. The van der Waals surface area contributed by atoms with Crippen molar-refractivity contribution in [2.75, 3.05) is 7.05 Å². The third-order valence-corrected chi connectivity index (χ3v) is 2.52. The lowest BCUT2D eigenvalue weighted by molar-refractivity contribution is 1.44. The van der Waals surface area contributed by atoms with Crippen molar-refractivity contribution in [3.63, 3.8) is 0 Å². The molecule has 0 aromatic heterocycles. The molecule has 94 valence electrons. The fourth-order valence-corrected chi connectivity index (χ4v) is 1.87. The predicted molar refractivity (Wildman–Crippen MR) is 82.4 cm³/mol. The van der Waals surface area contributed by atoms with Crippen LogP contribution < -0.4 is 0 Å². The second-order valence-electron chi connectivity index (χ2n) is 4.23. The first kappa shape index (κ1) is 14.5. The third kappa shape index (κ3) is 4.72. The van der Waals surface area contributed by atoms with Crippen LogP contribution in [0, 0.1) is 0 Å². The van der Waals surface area contributed by atoms with Crippen LogP contribution in [0.2, 0.25) is 5.02 Å². The van der Waals surface area contributed by atoms with Crippen molar-refractivity contribution in [2.24, 2.45) is 4.99 Å². The summed E-state index contributed by atoms with van der Waals surface area (Å²) in [6.07, 6.45) is 5.95. The standard InChI is InChI=1S/C16H18ClN/c1-12(2)8-13(3)9-15(11-18-4)14-6-5-7-16(17)10-14/h5-11H,1H2,2-4H3/b13-8+,15-9+,18-11?. The lowest BCUT2D eigenvalue weighted by atomic mass is 10.0. The van der Waals surface area contributed by atoms with Crippen molar-refractivity contribution in [2.45, 2.75) is 13.8 Å². The van der Waals surface area contributed by atoms with Crippen LogP contribution in [0.5, 0.6) is 0 Å². The summed E-state index contributed by atoms with van der Waals surface area (Å²) in [7, 11) is 1.76. The molecular formula is C16H18ClN. The van der Waals surface area contributed by atoms with Gasteiger partial charge in [-0.25, -0.2) is 0 Å². The highest BCUT2D eigenvalue weighted by atomic mass is 35.5. The number of hydrogen-bond acceptors (Lipinski definition) is 1. The van der Waals surface area contributed by atoms with E-state index in [0.717, 1.165) is 27.3 Å². The van der Waals surface area contributed by atoms with Crippen LogP contribution in [0.1, 0.15) is 19.4 Å². The van der Waals surface area contributed by atoms with Crippen LogP contribution in [0.15, 0.2) is 59.1 Å². The summed E-state index contributed by atoms with van der Waals surface area (Å²) >= 11 is 6.01. The van der Waals surface area contributed by atoms with Crippen molar-refractivity contribution in [3.05, 3.63) is 64.7 Å². The first-order valence-corrected chi connectivity index (χ1v) is 6.14. The number of aliphatic imine (C=N–C) groups is 1. The molecule has 0 aliphatic carbocycles. The summed E-state index contributed by atoms with van der Waals surface area (Å²) < 4.78 is 0. The summed E-state index contributed by atoms with van der Waals surface area (Å²) in [5.74, 6) is 0. The Balaban J connectivity index is 3.18. The lowest BCUT2D eigenvalue weighted by Crippen LogP contribution is -1.87. The Morgan fingerprint density at radius 3 is 2.56 bits per heavy atom. The highest BCUT2D eigenvalue weighted by Crippen LogP contribution is 2.19. The van der Waals surface area contributed by atoms with Crippen molar-refractivity contribution in [1.82, 2.24) is 0 Å². The van der Waals surface area contributed by atoms with Gasteiger partial charge in [0.15, 0.2) is 0 Å². The highest BCUT2D eigenvalue weighted by Gasteiger charge is 2.00. The molecule has 0 bridgehead atoms. The van der Waals surface area contributed by atoms with E-state index in [9.17, 15) is 0 Å². The van der Waals surface area contributed by atoms with Gasteiger partial charge in [-0.1, -0.05) is 47.5 Å². The van der Waals surface area contributed by atoms with Crippen LogP contribution in [0.3, 0.4) is 0 Å². The fourth-order valence-electron chi connectivity index (χ4n) is 1.68. The Morgan fingerprint density at radius 1 is 1.28 bits per heavy atom. The monoisotopic (exact) mass is 259 g/mol. The minimum Gasteiger partial charge on any atom is -0.296 e. The molecule has 0 atom stereocenters. The Hall–Kier alpha value is -1.60. The molecule has 1 aromatic carbocycles. The van der Waals surface area contributed by atoms with E-state index in [1.54, 1.807) is 7.05 Å². The normalized spacial score (nSPS) is 13.1. The number of benzene rings is 1. The quantitative estimate of drug-likeness (QED) is 0.536. The van der Waals surface area contributed by atoms with Crippen molar-refractivity contribution >= 4 is 23.4 Å². The summed E-state index contributed by atoms with van der Waals surface area (Å²) in [6, 6.07) is 7.76. The molecule has 0 saturated heterocycles. The average Bonchev–Trinajstić information content (AvgIpc) is 2.27. The first-order chi connectivity index (χ1) is 8.52. The van der Waals surface area contributed by atoms with Gasteiger partial charge in [-0.3, -0.25) is 4.99 Å². The summed E-state index contributed by atoms with van der Waals surface area (Å²) in [5.41, 5.74) is 4.26. The van der Waals surface area contributed by atoms with Crippen LogP contribution in [-0.4, -0.2) is 13.3 Å². The van der Waals surface area contributed by atoms with Gasteiger partial charge >= 0.3 is 0 Å². The molecule has 2 heteroatoms. The molecule has 18 heavy (non-hydrogen) atoms. The predicted octanol–water partition coefficient (Wildman–Crippen LogP) is 4.95. The Bertz CT molecular complexity index is 522. The van der Waals surface area contributed by atoms with Crippen LogP contribution in [0.25, 0.3) is 5.57 Å². The molecule has 0 spiro atoms. The average molecular weight is 260 g/mol. The molecule has 1 nitrogen and oxygen atoms in total. The number of allylic oxidation sites excluding steroid dienone is 5. The summed E-state index contributed by atoms with van der Waals surface area (Å²) in [5, 5.41) is 0.726. The molecule has 0 amide bonds. The number of rotatable bonds is 4. The Morgan fingerprint density at radius 2 is 2.00 bits per heavy atom. The molecule has 0 aliphatic rings. The van der Waals surface area contributed by atoms with E-state index in [-0.39, 0.29) is 0 Å². The van der Waals surface area contributed by atoms with Gasteiger partial charge in [0, 0.05) is 18.3 Å². The largest absolute Gasteiger partial charge is 0.296 e. The van der Waals surface area contributed by atoms with Crippen LogP contribution >= 0.6 is 11.6 Å². The van der Waals surface area contributed by atoms with E-state index in [0.29, 0.717) is 0 Å². The zero-order chi connectivity index (χ0) is 13.5. The molecule has 0 heterocycles. The minimum absolute atomic E-state index is 0.726. The number of nitrogens with zero attached hydrogens (tertiary/aromatic N) is 1. The van der Waals surface area contributed by atoms with E-state index in [4.69, 9.17) is 11.6 Å². The SMILES string of the molecule is C=C(C)/C=C(C)/C=C(\C=NC)c1cccc(Cl)c1. The minimum atomic E-state index is 0.726. The molecule has 0 unspecified atom stereocenters. The van der Waals surface area contributed by atoms with Crippen LogP contribution in [0.4, 0.5) is 0 Å². The molecule has 0 radical (unpaired) electrons. The Labute approximate surface area is 114 Å². The first-order valence-electron chi connectivity index (χ1n) is 5.76. The van der Waals surface area contributed by atoms with Gasteiger partial charge in [-0.05, 0) is 43.2 Å². The van der Waals surface area contributed by atoms with Gasteiger partial charge in [0.2, 0.25) is 0 Å². The maximum Gasteiger partial charge on any atom is 0.0412 e. The van der Waals surface area contributed by atoms with Gasteiger partial charge in [-0.2, -0.15) is 0 Å². The topological polar surface area (TPSA) is 12.4 Å². The second kappa shape index (κ2) is 6.97. The second-order valence-corrected chi connectivity index (χ2v) is 4.67. The lowest BCUT2D eigenvalue weighted by Gasteiger charge is -2.03. The third-order valence-electron chi connectivity index (χ3n) is 2.28. The van der Waals surface area contributed by atoms with E-state index in [1.807, 2.05) is 50.4 Å². The molecule has 0 saturated carbocycles. The smallest absolute Gasteiger partial charge is 0.0412 e. The summed E-state index contributed by atoms with van der Waals surface area (Å²) in [4.78, 5) is 4.09. The van der Waals surface area contributed by atoms with Gasteiger partial charge in [0.05, 0.1) is 0 Å². The molecule has 0 N–H and O–H groups in total. The van der Waals surface area contributed by atoms with Crippen molar-refractivity contribution in [1.29, 1.82) is 0 Å². The Kier molecular flexibility index (Phi) is 5.60. The van der Waals surface area contributed by atoms with Gasteiger partial charge in [-0.15, -0.1) is 0 Å². The van der Waals surface area contributed by atoms with E-state index in [2.05, 4.69) is 17.6 Å². The van der Waals surface area contributed by atoms with Gasteiger partial charge in [0.1, 0.15) is 0 Å². The zero-order valence-corrected chi connectivity index (χ0v) is 11.8. The fraction of sp³-hybridized carbons (Fsp3) is 0.188. The maximum atomic E-state index is 6.01. The van der Waals surface area contributed by atoms with Crippen molar-refractivity contribution in [3.8, 4) is 0 Å². The van der Waals surface area contributed by atoms with E-state index < -0.39 is 0 Å². The van der Waals surface area contributed by atoms with Gasteiger partial charge < -0.3 is 0 Å². The van der Waals surface area contributed by atoms with Gasteiger partial charge in [0.25, 0.3) is 0 Å². The van der Waals surface area contributed by atoms with Crippen LogP contribution in [-0.2, 0) is 0 Å². The number of hydrogen-bond donors (Lipinski definition) is 0.